The molecule has 0 unspecified atom stereocenters. The Bertz CT molecular complexity index is 841. The number of nitrogens with zero attached hydrogens (tertiary/aromatic N) is 3. The van der Waals surface area contributed by atoms with Crippen LogP contribution in [0.2, 0.25) is 0 Å². The number of hydrogen-bond acceptors (Lipinski definition) is 9. The summed E-state index contributed by atoms with van der Waals surface area (Å²) in [6, 6.07) is 7.63. The topological polar surface area (TPSA) is 90.0 Å². The highest BCUT2D eigenvalue weighted by molar-refractivity contribution is 5.60. The first-order chi connectivity index (χ1) is 15.8. The van der Waals surface area contributed by atoms with E-state index in [1.807, 2.05) is 24.3 Å². The molecule has 0 saturated carbocycles. The fourth-order valence-electron chi connectivity index (χ4n) is 3.82. The minimum Gasteiger partial charge on any atom is -0.493 e. The highest BCUT2D eigenvalue weighted by Crippen LogP contribution is 2.31. The zero-order valence-corrected chi connectivity index (χ0v) is 18.7. The van der Waals surface area contributed by atoms with Gasteiger partial charge in [-0.05, 0) is 37.0 Å². The molecule has 9 nitrogen and oxygen atoms in total. The third-order valence-corrected chi connectivity index (χ3v) is 5.76. The van der Waals surface area contributed by atoms with Gasteiger partial charge in [-0.25, -0.2) is 4.98 Å². The smallest absolute Gasteiger partial charge is 0.229 e. The standard InChI is InChI=1S/C23H33N5O4/c1-29-20-3-2-19(16-21(20)32-15-10-28-8-13-31-14-9-28)26-23-24-7-4-22(27-23)25-17-18-5-11-30-12-6-18/h2-4,7,16,18H,5-6,8-15,17H2,1H3,(H2,24,25,26,27). The molecule has 0 amide bonds. The molecule has 2 fully saturated rings. The monoisotopic (exact) mass is 443 g/mol. The number of benzene rings is 1. The summed E-state index contributed by atoms with van der Waals surface area (Å²) in [4.78, 5) is 11.3. The summed E-state index contributed by atoms with van der Waals surface area (Å²) in [6.45, 7) is 7.47. The number of anilines is 3. The average Bonchev–Trinajstić information content (AvgIpc) is 2.85. The molecule has 2 aromatic rings. The summed E-state index contributed by atoms with van der Waals surface area (Å²) < 4.78 is 22.3. The molecule has 0 radical (unpaired) electrons. The lowest BCUT2D eigenvalue weighted by Gasteiger charge is -2.26. The Morgan fingerprint density at radius 3 is 2.69 bits per heavy atom. The van der Waals surface area contributed by atoms with Gasteiger partial charge in [-0.15, -0.1) is 0 Å². The van der Waals surface area contributed by atoms with Crippen molar-refractivity contribution in [1.29, 1.82) is 0 Å². The molecule has 1 aromatic carbocycles. The van der Waals surface area contributed by atoms with Gasteiger partial charge >= 0.3 is 0 Å². The van der Waals surface area contributed by atoms with Crippen molar-refractivity contribution in [1.82, 2.24) is 14.9 Å². The van der Waals surface area contributed by atoms with E-state index in [2.05, 4.69) is 25.5 Å². The number of nitrogens with one attached hydrogen (secondary N) is 2. The van der Waals surface area contributed by atoms with Crippen LogP contribution in [0.1, 0.15) is 12.8 Å². The number of ether oxygens (including phenoxy) is 4. The average molecular weight is 444 g/mol. The van der Waals surface area contributed by atoms with Crippen molar-refractivity contribution in [2.75, 3.05) is 77.0 Å². The van der Waals surface area contributed by atoms with E-state index >= 15 is 0 Å². The van der Waals surface area contributed by atoms with E-state index in [4.69, 9.17) is 18.9 Å². The minimum absolute atomic E-state index is 0.534. The first kappa shape index (κ1) is 22.6. The molecule has 2 aliphatic rings. The highest BCUT2D eigenvalue weighted by atomic mass is 16.5. The van der Waals surface area contributed by atoms with E-state index < -0.39 is 0 Å². The summed E-state index contributed by atoms with van der Waals surface area (Å²) in [5.41, 5.74) is 0.841. The molecular formula is C23H33N5O4. The van der Waals surface area contributed by atoms with Crippen molar-refractivity contribution < 1.29 is 18.9 Å². The Morgan fingerprint density at radius 2 is 1.88 bits per heavy atom. The van der Waals surface area contributed by atoms with Gasteiger partial charge in [-0.3, -0.25) is 4.90 Å². The number of morpholine rings is 1. The van der Waals surface area contributed by atoms with Gasteiger partial charge in [-0.1, -0.05) is 0 Å². The summed E-state index contributed by atoms with van der Waals surface area (Å²) in [7, 11) is 1.65. The van der Waals surface area contributed by atoms with Gasteiger partial charge in [-0.2, -0.15) is 4.98 Å². The second kappa shape index (κ2) is 11.8. The Morgan fingerprint density at radius 1 is 1.06 bits per heavy atom. The molecule has 3 heterocycles. The SMILES string of the molecule is COc1ccc(Nc2nccc(NCC3CCOCC3)n2)cc1OCCN1CCOCC1. The van der Waals surface area contributed by atoms with Crippen LogP contribution in [0.3, 0.4) is 0 Å². The van der Waals surface area contributed by atoms with Crippen LogP contribution < -0.4 is 20.1 Å². The predicted octanol–water partition coefficient (Wildman–Crippen LogP) is 2.78. The van der Waals surface area contributed by atoms with Gasteiger partial charge in [0.2, 0.25) is 5.95 Å². The van der Waals surface area contributed by atoms with E-state index in [1.54, 1.807) is 13.3 Å². The molecule has 32 heavy (non-hydrogen) atoms. The second-order valence-electron chi connectivity index (χ2n) is 8.00. The van der Waals surface area contributed by atoms with E-state index in [1.165, 1.54) is 0 Å². The molecule has 0 bridgehead atoms. The first-order valence-electron chi connectivity index (χ1n) is 11.3. The molecule has 0 atom stereocenters. The fraction of sp³-hybridized carbons (Fsp3) is 0.565. The third kappa shape index (κ3) is 6.69. The summed E-state index contributed by atoms with van der Waals surface area (Å²) >= 11 is 0. The summed E-state index contributed by atoms with van der Waals surface area (Å²) in [6.07, 6.45) is 3.93. The van der Waals surface area contributed by atoms with Crippen LogP contribution in [-0.4, -0.2) is 81.2 Å². The van der Waals surface area contributed by atoms with E-state index in [-0.39, 0.29) is 0 Å². The van der Waals surface area contributed by atoms with Crippen molar-refractivity contribution in [3.8, 4) is 11.5 Å². The second-order valence-corrected chi connectivity index (χ2v) is 8.00. The van der Waals surface area contributed by atoms with Crippen molar-refractivity contribution in [2.24, 2.45) is 5.92 Å². The van der Waals surface area contributed by atoms with Crippen LogP contribution in [0.25, 0.3) is 0 Å². The number of rotatable bonds is 10. The molecular weight excluding hydrogens is 410 g/mol. The van der Waals surface area contributed by atoms with Crippen LogP contribution in [0, 0.1) is 5.92 Å². The van der Waals surface area contributed by atoms with E-state index in [9.17, 15) is 0 Å². The van der Waals surface area contributed by atoms with Gasteiger partial charge in [0.15, 0.2) is 11.5 Å². The number of hydrogen-bond donors (Lipinski definition) is 2. The predicted molar refractivity (Wildman–Crippen MR) is 123 cm³/mol. The Hall–Kier alpha value is -2.62. The van der Waals surface area contributed by atoms with Crippen molar-refractivity contribution in [3.05, 3.63) is 30.5 Å². The van der Waals surface area contributed by atoms with E-state index in [0.29, 0.717) is 30.0 Å². The molecule has 174 valence electrons. The lowest BCUT2D eigenvalue weighted by atomic mass is 10.0. The van der Waals surface area contributed by atoms with Crippen LogP contribution in [0.4, 0.5) is 17.5 Å². The van der Waals surface area contributed by atoms with E-state index in [0.717, 1.165) is 77.0 Å². The fourth-order valence-corrected chi connectivity index (χ4v) is 3.82. The van der Waals surface area contributed by atoms with Crippen molar-refractivity contribution in [2.45, 2.75) is 12.8 Å². The van der Waals surface area contributed by atoms with Gasteiger partial charge in [0.25, 0.3) is 0 Å². The maximum atomic E-state index is 6.03. The van der Waals surface area contributed by atoms with Gasteiger partial charge in [0.1, 0.15) is 12.4 Å². The number of methoxy groups -OCH3 is 1. The van der Waals surface area contributed by atoms with Gasteiger partial charge < -0.3 is 29.6 Å². The molecule has 1 aromatic heterocycles. The molecule has 9 heteroatoms. The molecule has 2 saturated heterocycles. The van der Waals surface area contributed by atoms with Crippen LogP contribution in [0.15, 0.2) is 30.5 Å². The lowest BCUT2D eigenvalue weighted by Crippen LogP contribution is -2.38. The lowest BCUT2D eigenvalue weighted by molar-refractivity contribution is 0.0321. The van der Waals surface area contributed by atoms with Crippen LogP contribution >= 0.6 is 0 Å². The summed E-state index contributed by atoms with van der Waals surface area (Å²) in [5, 5.41) is 6.69. The molecule has 4 rings (SSSR count). The molecule has 0 spiro atoms. The number of aromatic nitrogens is 2. The quantitative estimate of drug-likeness (QED) is 0.575. The Balaban J connectivity index is 1.33. The van der Waals surface area contributed by atoms with Gasteiger partial charge in [0, 0.05) is 57.3 Å². The minimum atomic E-state index is 0.534. The first-order valence-corrected chi connectivity index (χ1v) is 11.3. The highest BCUT2D eigenvalue weighted by Gasteiger charge is 2.14. The maximum Gasteiger partial charge on any atom is 0.229 e. The Labute approximate surface area is 189 Å². The zero-order valence-electron chi connectivity index (χ0n) is 18.7. The molecule has 2 aliphatic heterocycles. The normalized spacial score (nSPS) is 17.7. The summed E-state index contributed by atoms with van der Waals surface area (Å²) in [5.74, 6) is 3.36. The Kier molecular flexibility index (Phi) is 8.35. The van der Waals surface area contributed by atoms with Crippen LogP contribution in [0.5, 0.6) is 11.5 Å². The van der Waals surface area contributed by atoms with Crippen LogP contribution in [-0.2, 0) is 9.47 Å². The largest absolute Gasteiger partial charge is 0.493 e. The third-order valence-electron chi connectivity index (χ3n) is 5.76. The maximum absolute atomic E-state index is 6.03. The van der Waals surface area contributed by atoms with Crippen molar-refractivity contribution >= 4 is 17.5 Å². The zero-order chi connectivity index (χ0) is 22.0. The molecule has 0 aliphatic carbocycles. The van der Waals surface area contributed by atoms with Crippen molar-refractivity contribution in [3.63, 3.8) is 0 Å². The molecule has 2 N–H and O–H groups in total. The van der Waals surface area contributed by atoms with Gasteiger partial charge in [0.05, 0.1) is 20.3 Å².